The van der Waals surface area contributed by atoms with Crippen LogP contribution in [0.15, 0.2) is 0 Å². The first-order valence-electron chi connectivity index (χ1n) is 5.50. The Balaban J connectivity index is 2.63. The van der Waals surface area contributed by atoms with Crippen molar-refractivity contribution in [3.63, 3.8) is 0 Å². The SMILES string of the molecule is CCC1CCCN1C(CC)C(=O)NN. The molecule has 0 aromatic carbocycles. The fourth-order valence-corrected chi connectivity index (χ4v) is 2.37. The molecule has 82 valence electrons. The molecule has 4 nitrogen and oxygen atoms in total. The minimum Gasteiger partial charge on any atom is -0.293 e. The van der Waals surface area contributed by atoms with Crippen molar-refractivity contribution >= 4 is 5.91 Å². The van der Waals surface area contributed by atoms with Crippen molar-refractivity contribution in [1.29, 1.82) is 0 Å². The number of carbonyl (C=O) groups excluding carboxylic acids is 1. The van der Waals surface area contributed by atoms with Gasteiger partial charge >= 0.3 is 0 Å². The Morgan fingerprint density at radius 2 is 2.36 bits per heavy atom. The molecule has 0 aromatic rings. The molecule has 0 saturated carbocycles. The number of hydrazine groups is 1. The van der Waals surface area contributed by atoms with E-state index in [2.05, 4.69) is 17.2 Å². The van der Waals surface area contributed by atoms with Gasteiger partial charge in [0.2, 0.25) is 0 Å². The zero-order valence-corrected chi connectivity index (χ0v) is 9.12. The summed E-state index contributed by atoms with van der Waals surface area (Å²) in [4.78, 5) is 13.8. The highest BCUT2D eigenvalue weighted by Crippen LogP contribution is 2.23. The van der Waals surface area contributed by atoms with Gasteiger partial charge in [-0.15, -0.1) is 0 Å². The number of nitrogens with two attached hydrogens (primary N) is 1. The van der Waals surface area contributed by atoms with Crippen LogP contribution in [0.4, 0.5) is 0 Å². The molecule has 0 bridgehead atoms. The summed E-state index contributed by atoms with van der Waals surface area (Å²) in [6.07, 6.45) is 4.37. The van der Waals surface area contributed by atoms with Crippen molar-refractivity contribution in [3.05, 3.63) is 0 Å². The highest BCUT2D eigenvalue weighted by atomic mass is 16.2. The summed E-state index contributed by atoms with van der Waals surface area (Å²) in [5.74, 6) is 5.13. The zero-order valence-electron chi connectivity index (χ0n) is 9.12. The molecule has 1 aliphatic rings. The van der Waals surface area contributed by atoms with Crippen LogP contribution in [0.25, 0.3) is 0 Å². The molecule has 14 heavy (non-hydrogen) atoms. The smallest absolute Gasteiger partial charge is 0.251 e. The van der Waals surface area contributed by atoms with Gasteiger partial charge in [-0.2, -0.15) is 0 Å². The summed E-state index contributed by atoms with van der Waals surface area (Å²) in [7, 11) is 0. The molecule has 1 heterocycles. The van der Waals surface area contributed by atoms with Gasteiger partial charge in [-0.1, -0.05) is 13.8 Å². The van der Waals surface area contributed by atoms with Crippen molar-refractivity contribution in [2.45, 2.75) is 51.6 Å². The summed E-state index contributed by atoms with van der Waals surface area (Å²) >= 11 is 0. The van der Waals surface area contributed by atoms with Gasteiger partial charge in [0.1, 0.15) is 0 Å². The number of rotatable bonds is 4. The molecule has 1 rings (SSSR count). The molecule has 1 amide bonds. The number of amides is 1. The van der Waals surface area contributed by atoms with E-state index < -0.39 is 0 Å². The Bertz CT molecular complexity index is 196. The lowest BCUT2D eigenvalue weighted by Crippen LogP contribution is -2.50. The van der Waals surface area contributed by atoms with Gasteiger partial charge in [0.25, 0.3) is 5.91 Å². The Morgan fingerprint density at radius 1 is 1.64 bits per heavy atom. The monoisotopic (exact) mass is 199 g/mol. The van der Waals surface area contributed by atoms with Crippen LogP contribution in [0, 0.1) is 0 Å². The number of nitrogens with one attached hydrogen (secondary N) is 1. The van der Waals surface area contributed by atoms with Crippen molar-refractivity contribution in [3.8, 4) is 0 Å². The van der Waals surface area contributed by atoms with Crippen LogP contribution in [0.2, 0.25) is 0 Å². The van der Waals surface area contributed by atoms with Gasteiger partial charge in [-0.05, 0) is 32.2 Å². The standard InChI is InChI=1S/C10H21N3O/c1-3-8-6-5-7-13(8)9(4-2)10(14)12-11/h8-9H,3-7,11H2,1-2H3,(H,12,14). The maximum atomic E-state index is 11.5. The molecule has 2 unspecified atom stereocenters. The third-order valence-electron chi connectivity index (χ3n) is 3.13. The second kappa shape index (κ2) is 5.32. The van der Waals surface area contributed by atoms with E-state index in [0.29, 0.717) is 6.04 Å². The Labute approximate surface area is 85.8 Å². The fraction of sp³-hybridized carbons (Fsp3) is 0.900. The molecule has 0 spiro atoms. The van der Waals surface area contributed by atoms with Gasteiger partial charge in [-0.3, -0.25) is 15.1 Å². The molecule has 0 aromatic heterocycles. The predicted molar refractivity (Wildman–Crippen MR) is 56.4 cm³/mol. The highest BCUT2D eigenvalue weighted by Gasteiger charge is 2.32. The number of likely N-dealkylation sites (tertiary alicyclic amines) is 1. The van der Waals surface area contributed by atoms with E-state index in [0.717, 1.165) is 19.4 Å². The van der Waals surface area contributed by atoms with Crippen molar-refractivity contribution in [1.82, 2.24) is 10.3 Å². The second-order valence-corrected chi connectivity index (χ2v) is 3.87. The molecule has 3 N–H and O–H groups in total. The van der Waals surface area contributed by atoms with Gasteiger partial charge in [0.15, 0.2) is 0 Å². The highest BCUT2D eigenvalue weighted by molar-refractivity contribution is 5.81. The van der Waals surface area contributed by atoms with Crippen molar-refractivity contribution < 1.29 is 4.79 Å². The Kier molecular flexibility index (Phi) is 4.35. The van der Waals surface area contributed by atoms with Crippen LogP contribution >= 0.6 is 0 Å². The molecule has 1 fully saturated rings. The normalized spacial score (nSPS) is 24.9. The topological polar surface area (TPSA) is 58.4 Å². The first-order valence-corrected chi connectivity index (χ1v) is 5.50. The van der Waals surface area contributed by atoms with E-state index in [1.54, 1.807) is 0 Å². The minimum absolute atomic E-state index is 0.0348. The van der Waals surface area contributed by atoms with Crippen LogP contribution in [0.3, 0.4) is 0 Å². The average molecular weight is 199 g/mol. The molecular formula is C10H21N3O. The molecule has 1 aliphatic heterocycles. The van der Waals surface area contributed by atoms with Gasteiger partial charge in [-0.25, -0.2) is 5.84 Å². The lowest BCUT2D eigenvalue weighted by Gasteiger charge is -2.30. The van der Waals surface area contributed by atoms with E-state index >= 15 is 0 Å². The van der Waals surface area contributed by atoms with Crippen molar-refractivity contribution in [2.75, 3.05) is 6.54 Å². The van der Waals surface area contributed by atoms with Crippen LogP contribution in [-0.4, -0.2) is 29.4 Å². The van der Waals surface area contributed by atoms with E-state index in [1.165, 1.54) is 12.8 Å². The molecule has 0 radical (unpaired) electrons. The van der Waals surface area contributed by atoms with Crippen LogP contribution in [0.5, 0.6) is 0 Å². The minimum atomic E-state index is -0.0483. The van der Waals surface area contributed by atoms with Gasteiger partial charge < -0.3 is 0 Å². The van der Waals surface area contributed by atoms with Crippen molar-refractivity contribution in [2.24, 2.45) is 5.84 Å². The maximum absolute atomic E-state index is 11.5. The van der Waals surface area contributed by atoms with Gasteiger partial charge in [0.05, 0.1) is 6.04 Å². The Hall–Kier alpha value is -0.610. The van der Waals surface area contributed by atoms with E-state index in [-0.39, 0.29) is 11.9 Å². The quantitative estimate of drug-likeness (QED) is 0.396. The summed E-state index contributed by atoms with van der Waals surface area (Å²) in [6.45, 7) is 5.24. The predicted octanol–water partition coefficient (Wildman–Crippen LogP) is 0.629. The molecule has 4 heteroatoms. The van der Waals surface area contributed by atoms with E-state index in [1.807, 2.05) is 6.92 Å². The summed E-state index contributed by atoms with van der Waals surface area (Å²) in [5, 5.41) is 0. The largest absolute Gasteiger partial charge is 0.293 e. The molecule has 2 atom stereocenters. The third-order valence-corrected chi connectivity index (χ3v) is 3.13. The lowest BCUT2D eigenvalue weighted by molar-refractivity contribution is -0.127. The number of hydrogen-bond acceptors (Lipinski definition) is 3. The molecule has 0 aliphatic carbocycles. The average Bonchev–Trinajstić information content (AvgIpc) is 2.66. The van der Waals surface area contributed by atoms with E-state index in [9.17, 15) is 4.79 Å². The van der Waals surface area contributed by atoms with E-state index in [4.69, 9.17) is 5.84 Å². The third kappa shape index (κ3) is 2.25. The van der Waals surface area contributed by atoms with Gasteiger partial charge in [0, 0.05) is 6.04 Å². The molecule has 1 saturated heterocycles. The maximum Gasteiger partial charge on any atom is 0.251 e. The van der Waals surface area contributed by atoms with Crippen LogP contribution in [-0.2, 0) is 4.79 Å². The molecular weight excluding hydrogens is 178 g/mol. The number of carbonyl (C=O) groups is 1. The summed E-state index contributed by atoms with van der Waals surface area (Å²) < 4.78 is 0. The Morgan fingerprint density at radius 3 is 2.86 bits per heavy atom. The van der Waals surface area contributed by atoms with Crippen LogP contribution in [0.1, 0.15) is 39.5 Å². The zero-order chi connectivity index (χ0) is 10.6. The number of nitrogens with zero attached hydrogens (tertiary/aromatic N) is 1. The summed E-state index contributed by atoms with van der Waals surface area (Å²) in [6, 6.07) is 0.532. The summed E-state index contributed by atoms with van der Waals surface area (Å²) in [5.41, 5.74) is 2.26. The fourth-order valence-electron chi connectivity index (χ4n) is 2.37. The lowest BCUT2D eigenvalue weighted by atomic mass is 10.1. The first-order chi connectivity index (χ1) is 6.74. The first kappa shape index (κ1) is 11.5. The number of hydrogen-bond donors (Lipinski definition) is 2. The second-order valence-electron chi connectivity index (χ2n) is 3.87. The van der Waals surface area contributed by atoms with Crippen LogP contribution < -0.4 is 11.3 Å².